The third-order valence-corrected chi connectivity index (χ3v) is 3.56. The van der Waals surface area contributed by atoms with Crippen LogP contribution in [0.4, 0.5) is 5.95 Å². The zero-order chi connectivity index (χ0) is 13.5. The largest absolute Gasteiger partial charge is 0.378 e. The zero-order valence-corrected chi connectivity index (χ0v) is 11.3. The van der Waals surface area contributed by atoms with E-state index in [-0.39, 0.29) is 0 Å². The van der Waals surface area contributed by atoms with Gasteiger partial charge in [0.2, 0.25) is 5.95 Å². The minimum Gasteiger partial charge on any atom is -0.378 e. The summed E-state index contributed by atoms with van der Waals surface area (Å²) in [6.07, 6.45) is 0. The van der Waals surface area contributed by atoms with E-state index in [2.05, 4.69) is 15.0 Å². The van der Waals surface area contributed by atoms with Gasteiger partial charge in [-0.05, 0) is 19.1 Å². The van der Waals surface area contributed by atoms with Crippen LogP contribution in [0.3, 0.4) is 0 Å². The smallest absolute Gasteiger partial charge is 0.229 e. The van der Waals surface area contributed by atoms with Gasteiger partial charge in [0.25, 0.3) is 0 Å². The SMILES string of the molecule is Cc1nc2c3ccccc3nc(N3CCOCC3)n2n1. The van der Waals surface area contributed by atoms with Crippen LogP contribution in [-0.4, -0.2) is 45.9 Å². The highest BCUT2D eigenvalue weighted by Gasteiger charge is 2.19. The Balaban J connectivity index is 2.01. The Morgan fingerprint density at radius 3 is 2.75 bits per heavy atom. The van der Waals surface area contributed by atoms with Crippen molar-refractivity contribution in [2.45, 2.75) is 6.92 Å². The number of aromatic nitrogens is 4. The van der Waals surface area contributed by atoms with Crippen LogP contribution < -0.4 is 4.90 Å². The molecule has 0 amide bonds. The van der Waals surface area contributed by atoms with Gasteiger partial charge in [0.1, 0.15) is 5.82 Å². The van der Waals surface area contributed by atoms with Crippen molar-refractivity contribution in [1.82, 2.24) is 19.6 Å². The monoisotopic (exact) mass is 269 g/mol. The molecule has 0 spiro atoms. The second-order valence-electron chi connectivity index (χ2n) is 4.92. The molecule has 3 aromatic rings. The molecule has 0 atom stereocenters. The molecule has 4 rings (SSSR count). The van der Waals surface area contributed by atoms with E-state index in [0.717, 1.165) is 54.6 Å². The lowest BCUT2D eigenvalue weighted by molar-refractivity contribution is 0.122. The number of nitrogens with zero attached hydrogens (tertiary/aromatic N) is 5. The van der Waals surface area contributed by atoms with E-state index in [9.17, 15) is 0 Å². The molecule has 0 radical (unpaired) electrons. The summed E-state index contributed by atoms with van der Waals surface area (Å²) in [7, 11) is 0. The number of anilines is 1. The number of aryl methyl sites for hydroxylation is 1. The average Bonchev–Trinajstić information content (AvgIpc) is 2.89. The molecular formula is C14H15N5O. The topological polar surface area (TPSA) is 55.5 Å². The van der Waals surface area contributed by atoms with Crippen LogP contribution >= 0.6 is 0 Å². The fourth-order valence-corrected chi connectivity index (χ4v) is 2.61. The lowest BCUT2D eigenvalue weighted by Gasteiger charge is -2.27. The quantitative estimate of drug-likeness (QED) is 0.669. The molecule has 0 unspecified atom stereocenters. The maximum absolute atomic E-state index is 5.41. The number of morpholine rings is 1. The minimum atomic E-state index is 0.726. The maximum Gasteiger partial charge on any atom is 0.229 e. The van der Waals surface area contributed by atoms with Gasteiger partial charge in [-0.3, -0.25) is 0 Å². The van der Waals surface area contributed by atoms with Crippen LogP contribution in [0.25, 0.3) is 16.6 Å². The molecule has 3 heterocycles. The lowest BCUT2D eigenvalue weighted by atomic mass is 10.2. The summed E-state index contributed by atoms with van der Waals surface area (Å²) in [6.45, 7) is 5.02. The van der Waals surface area contributed by atoms with Crippen molar-refractivity contribution in [3.63, 3.8) is 0 Å². The second kappa shape index (κ2) is 4.42. The Morgan fingerprint density at radius 1 is 1.10 bits per heavy atom. The fourth-order valence-electron chi connectivity index (χ4n) is 2.61. The van der Waals surface area contributed by atoms with Crippen LogP contribution in [0, 0.1) is 6.92 Å². The van der Waals surface area contributed by atoms with Gasteiger partial charge >= 0.3 is 0 Å². The molecule has 1 aromatic carbocycles. The molecule has 0 N–H and O–H groups in total. The first-order valence-corrected chi connectivity index (χ1v) is 6.78. The summed E-state index contributed by atoms with van der Waals surface area (Å²) in [5.41, 5.74) is 1.82. The molecule has 102 valence electrons. The summed E-state index contributed by atoms with van der Waals surface area (Å²) >= 11 is 0. The van der Waals surface area contributed by atoms with Crippen LogP contribution in [0.1, 0.15) is 5.82 Å². The number of fused-ring (bicyclic) bond motifs is 3. The van der Waals surface area contributed by atoms with E-state index in [4.69, 9.17) is 9.72 Å². The molecule has 0 saturated carbocycles. The number of benzene rings is 1. The zero-order valence-electron chi connectivity index (χ0n) is 11.3. The van der Waals surface area contributed by atoms with Gasteiger partial charge in [-0.15, -0.1) is 5.10 Å². The first-order valence-electron chi connectivity index (χ1n) is 6.78. The summed E-state index contributed by atoms with van der Waals surface area (Å²) in [5.74, 6) is 1.61. The van der Waals surface area contributed by atoms with Gasteiger partial charge in [0.05, 0.1) is 18.7 Å². The lowest BCUT2D eigenvalue weighted by Crippen LogP contribution is -2.38. The molecule has 0 aliphatic carbocycles. The Labute approximate surface area is 116 Å². The number of hydrogen-bond donors (Lipinski definition) is 0. The van der Waals surface area contributed by atoms with Crippen molar-refractivity contribution in [3.8, 4) is 0 Å². The summed E-state index contributed by atoms with van der Waals surface area (Å²) in [6, 6.07) is 8.05. The van der Waals surface area contributed by atoms with Crippen molar-refractivity contribution in [2.75, 3.05) is 31.2 Å². The summed E-state index contributed by atoms with van der Waals surface area (Å²) < 4.78 is 7.26. The molecular weight excluding hydrogens is 254 g/mol. The van der Waals surface area contributed by atoms with Gasteiger partial charge in [-0.25, -0.2) is 9.97 Å². The maximum atomic E-state index is 5.41. The van der Waals surface area contributed by atoms with Crippen LogP contribution in [0.15, 0.2) is 24.3 Å². The molecule has 1 aliphatic heterocycles. The normalized spacial score (nSPS) is 16.1. The van der Waals surface area contributed by atoms with Gasteiger partial charge in [0, 0.05) is 18.5 Å². The van der Waals surface area contributed by atoms with Crippen molar-refractivity contribution in [1.29, 1.82) is 0 Å². The first kappa shape index (κ1) is 11.6. The van der Waals surface area contributed by atoms with Crippen LogP contribution in [0.5, 0.6) is 0 Å². The Kier molecular flexibility index (Phi) is 2.56. The van der Waals surface area contributed by atoms with E-state index < -0.39 is 0 Å². The van der Waals surface area contributed by atoms with Crippen LogP contribution in [-0.2, 0) is 4.74 Å². The molecule has 6 nitrogen and oxygen atoms in total. The molecule has 1 saturated heterocycles. The molecule has 2 aromatic heterocycles. The summed E-state index contributed by atoms with van der Waals surface area (Å²) in [4.78, 5) is 11.5. The highest BCUT2D eigenvalue weighted by molar-refractivity contribution is 5.92. The molecule has 0 bridgehead atoms. The third kappa shape index (κ3) is 1.72. The van der Waals surface area contributed by atoms with Crippen molar-refractivity contribution >= 4 is 22.5 Å². The Morgan fingerprint density at radius 2 is 1.90 bits per heavy atom. The molecule has 20 heavy (non-hydrogen) atoms. The first-order chi connectivity index (χ1) is 9.83. The molecule has 6 heteroatoms. The van der Waals surface area contributed by atoms with Gasteiger partial charge in [-0.1, -0.05) is 12.1 Å². The predicted molar refractivity (Wildman–Crippen MR) is 76.1 cm³/mol. The van der Waals surface area contributed by atoms with Gasteiger partial charge in [-0.2, -0.15) is 4.52 Å². The van der Waals surface area contributed by atoms with E-state index in [1.165, 1.54) is 0 Å². The van der Waals surface area contributed by atoms with Gasteiger partial charge < -0.3 is 9.64 Å². The highest BCUT2D eigenvalue weighted by atomic mass is 16.5. The van der Waals surface area contributed by atoms with Crippen molar-refractivity contribution in [3.05, 3.63) is 30.1 Å². The van der Waals surface area contributed by atoms with Crippen molar-refractivity contribution in [2.24, 2.45) is 0 Å². The average molecular weight is 269 g/mol. The predicted octanol–water partition coefficient (Wildman–Crippen LogP) is 1.42. The second-order valence-corrected chi connectivity index (χ2v) is 4.92. The molecule has 1 aliphatic rings. The number of rotatable bonds is 1. The fraction of sp³-hybridized carbons (Fsp3) is 0.357. The van der Waals surface area contributed by atoms with E-state index in [1.807, 2.05) is 35.7 Å². The van der Waals surface area contributed by atoms with E-state index >= 15 is 0 Å². The standard InChI is InChI=1S/C14H15N5O/c1-10-15-13-11-4-2-3-5-12(11)16-14(19(13)17-10)18-6-8-20-9-7-18/h2-5H,6-9H2,1H3. The summed E-state index contributed by atoms with van der Waals surface area (Å²) in [5, 5.41) is 5.53. The number of hydrogen-bond acceptors (Lipinski definition) is 5. The van der Waals surface area contributed by atoms with Crippen molar-refractivity contribution < 1.29 is 4.74 Å². The molecule has 1 fully saturated rings. The highest BCUT2D eigenvalue weighted by Crippen LogP contribution is 2.23. The van der Waals surface area contributed by atoms with Crippen LogP contribution in [0.2, 0.25) is 0 Å². The van der Waals surface area contributed by atoms with E-state index in [0.29, 0.717) is 0 Å². The number of para-hydroxylation sites is 1. The minimum absolute atomic E-state index is 0.726. The Hall–Kier alpha value is -2.21. The third-order valence-electron chi connectivity index (χ3n) is 3.56. The Bertz CT molecular complexity index is 776. The number of ether oxygens (including phenoxy) is 1. The van der Waals surface area contributed by atoms with E-state index in [1.54, 1.807) is 0 Å². The van der Waals surface area contributed by atoms with Gasteiger partial charge in [0.15, 0.2) is 5.65 Å².